The van der Waals surface area contributed by atoms with Crippen LogP contribution in [0.3, 0.4) is 0 Å². The number of hydrogen-bond donors (Lipinski definition) is 2. The molecule has 1 fully saturated rings. The van der Waals surface area contributed by atoms with Gasteiger partial charge in [0.1, 0.15) is 5.54 Å². The van der Waals surface area contributed by atoms with Crippen molar-refractivity contribution in [1.82, 2.24) is 4.72 Å². The number of fused-ring (bicyclic) bond motifs is 1. The number of rotatable bonds is 6. The molecule has 1 heterocycles. The van der Waals surface area contributed by atoms with E-state index in [0.717, 1.165) is 12.8 Å². The molecule has 10 heteroatoms. The first-order valence-electron chi connectivity index (χ1n) is 10.6. The summed E-state index contributed by atoms with van der Waals surface area (Å²) in [5, 5.41) is 2.78. The third kappa shape index (κ3) is 4.49. The standard InChI is InChI=1S/C23H25N3O6S/c1-14(20(27)26-19-7-5-4-6-18(19)24-22(29)23(26,2)3)32-21(28)15-8-12-17(13-9-15)33(30,31)25-16-10-11-16/h4-9,12-14,16,25H,10-11H2,1-3H3,(H,24,29)/t14-/m1/s1. The van der Waals surface area contributed by atoms with Gasteiger partial charge in [-0.15, -0.1) is 0 Å². The Balaban J connectivity index is 1.50. The van der Waals surface area contributed by atoms with Gasteiger partial charge >= 0.3 is 5.97 Å². The fourth-order valence-corrected chi connectivity index (χ4v) is 4.87. The van der Waals surface area contributed by atoms with Gasteiger partial charge < -0.3 is 10.1 Å². The van der Waals surface area contributed by atoms with E-state index in [9.17, 15) is 22.8 Å². The maximum absolute atomic E-state index is 13.3. The zero-order valence-corrected chi connectivity index (χ0v) is 19.3. The Morgan fingerprint density at radius 2 is 1.76 bits per heavy atom. The number of anilines is 2. The second-order valence-corrected chi connectivity index (χ2v) is 10.4. The molecule has 174 valence electrons. The van der Waals surface area contributed by atoms with E-state index in [0.29, 0.717) is 11.4 Å². The minimum atomic E-state index is -3.64. The molecule has 2 aliphatic rings. The van der Waals surface area contributed by atoms with Crippen LogP contribution in [0.25, 0.3) is 0 Å². The van der Waals surface area contributed by atoms with Crippen molar-refractivity contribution in [1.29, 1.82) is 0 Å². The van der Waals surface area contributed by atoms with Gasteiger partial charge in [-0.05, 0) is 70.0 Å². The highest BCUT2D eigenvalue weighted by Gasteiger charge is 2.45. The highest BCUT2D eigenvalue weighted by Crippen LogP contribution is 2.37. The van der Waals surface area contributed by atoms with Crippen LogP contribution in [-0.4, -0.2) is 43.9 Å². The molecule has 4 rings (SSSR count). The molecule has 2 amide bonds. The molecule has 0 saturated heterocycles. The smallest absolute Gasteiger partial charge is 0.338 e. The summed E-state index contributed by atoms with van der Waals surface area (Å²) in [5.74, 6) is -1.68. The number of sulfonamides is 1. The molecule has 0 bridgehead atoms. The highest BCUT2D eigenvalue weighted by atomic mass is 32.2. The van der Waals surface area contributed by atoms with E-state index in [-0.39, 0.29) is 22.4 Å². The van der Waals surface area contributed by atoms with Crippen LogP contribution in [0.1, 0.15) is 44.0 Å². The van der Waals surface area contributed by atoms with Gasteiger partial charge in [0.2, 0.25) is 15.9 Å². The van der Waals surface area contributed by atoms with Crippen molar-refractivity contribution in [3.63, 3.8) is 0 Å². The minimum Gasteiger partial charge on any atom is -0.449 e. The molecular formula is C23H25N3O6S. The summed E-state index contributed by atoms with van der Waals surface area (Å²) in [6.45, 7) is 4.66. The number of nitrogens with zero attached hydrogens (tertiary/aromatic N) is 1. The SMILES string of the molecule is C[C@@H](OC(=O)c1ccc(S(=O)(=O)NC2CC2)cc1)C(=O)N1c2ccccc2NC(=O)C1(C)C. The molecule has 9 nitrogen and oxygen atoms in total. The van der Waals surface area contributed by atoms with Crippen molar-refractivity contribution in [3.8, 4) is 0 Å². The maximum Gasteiger partial charge on any atom is 0.338 e. The van der Waals surface area contributed by atoms with Crippen LogP contribution in [-0.2, 0) is 24.3 Å². The Morgan fingerprint density at radius 3 is 2.39 bits per heavy atom. The van der Waals surface area contributed by atoms with Crippen molar-refractivity contribution in [2.75, 3.05) is 10.2 Å². The van der Waals surface area contributed by atoms with Crippen molar-refractivity contribution in [3.05, 3.63) is 54.1 Å². The van der Waals surface area contributed by atoms with Crippen LogP contribution in [0.4, 0.5) is 11.4 Å². The number of benzene rings is 2. The number of ether oxygens (including phenoxy) is 1. The number of carbonyl (C=O) groups excluding carboxylic acids is 3. The zero-order chi connectivity index (χ0) is 24.0. The van der Waals surface area contributed by atoms with Gasteiger partial charge in [-0.1, -0.05) is 12.1 Å². The van der Waals surface area contributed by atoms with E-state index < -0.39 is 33.5 Å². The molecule has 0 aromatic heterocycles. The van der Waals surface area contributed by atoms with E-state index >= 15 is 0 Å². The predicted octanol–water partition coefficient (Wildman–Crippen LogP) is 2.44. The quantitative estimate of drug-likeness (QED) is 0.624. The zero-order valence-electron chi connectivity index (χ0n) is 18.5. The maximum atomic E-state index is 13.3. The molecule has 1 atom stereocenters. The first-order chi connectivity index (χ1) is 15.5. The van der Waals surface area contributed by atoms with Gasteiger partial charge in [-0.2, -0.15) is 0 Å². The number of hydrogen-bond acceptors (Lipinski definition) is 6. The van der Waals surface area contributed by atoms with Gasteiger partial charge in [0, 0.05) is 6.04 Å². The number of esters is 1. The summed E-state index contributed by atoms with van der Waals surface area (Å²) in [7, 11) is -3.64. The lowest BCUT2D eigenvalue weighted by atomic mass is 9.95. The predicted molar refractivity (Wildman–Crippen MR) is 121 cm³/mol. The highest BCUT2D eigenvalue weighted by molar-refractivity contribution is 7.89. The second kappa shape index (κ2) is 8.27. The molecule has 0 radical (unpaired) electrons. The average molecular weight is 472 g/mol. The van der Waals surface area contributed by atoms with Gasteiger partial charge in [0.25, 0.3) is 5.91 Å². The third-order valence-corrected chi connectivity index (χ3v) is 7.20. The van der Waals surface area contributed by atoms with Crippen LogP contribution in [0.5, 0.6) is 0 Å². The fraction of sp³-hybridized carbons (Fsp3) is 0.348. The Kier molecular flexibility index (Phi) is 5.75. The Bertz CT molecular complexity index is 1220. The lowest BCUT2D eigenvalue weighted by Gasteiger charge is -2.42. The van der Waals surface area contributed by atoms with E-state index in [1.54, 1.807) is 38.1 Å². The molecule has 0 spiro atoms. The van der Waals surface area contributed by atoms with Crippen LogP contribution < -0.4 is 14.9 Å². The summed E-state index contributed by atoms with van der Waals surface area (Å²) in [6, 6.07) is 12.2. The Labute approximate surface area is 192 Å². The van der Waals surface area contributed by atoms with Gasteiger partial charge in [-0.25, -0.2) is 17.9 Å². The van der Waals surface area contributed by atoms with Crippen molar-refractivity contribution >= 4 is 39.2 Å². The van der Waals surface area contributed by atoms with Crippen molar-refractivity contribution < 1.29 is 27.5 Å². The largest absolute Gasteiger partial charge is 0.449 e. The normalized spacial score (nSPS) is 18.2. The first kappa shape index (κ1) is 22.9. The Morgan fingerprint density at radius 1 is 1.12 bits per heavy atom. The van der Waals surface area contributed by atoms with Crippen molar-refractivity contribution in [2.24, 2.45) is 0 Å². The first-order valence-corrected chi connectivity index (χ1v) is 12.1. The van der Waals surface area contributed by atoms with E-state index in [2.05, 4.69) is 10.0 Å². The fourth-order valence-electron chi connectivity index (χ4n) is 3.57. The molecular weight excluding hydrogens is 446 g/mol. The van der Waals surface area contributed by atoms with E-state index in [1.807, 2.05) is 0 Å². The summed E-state index contributed by atoms with van der Waals surface area (Å²) in [5.41, 5.74) is -0.0921. The molecule has 2 aromatic carbocycles. The summed E-state index contributed by atoms with van der Waals surface area (Å²) in [4.78, 5) is 39.8. The minimum absolute atomic E-state index is 0.0299. The van der Waals surface area contributed by atoms with Gasteiger partial charge in [-0.3, -0.25) is 14.5 Å². The third-order valence-electron chi connectivity index (χ3n) is 5.66. The van der Waals surface area contributed by atoms with Crippen LogP contribution >= 0.6 is 0 Å². The van der Waals surface area contributed by atoms with Crippen LogP contribution in [0.15, 0.2) is 53.4 Å². The summed E-state index contributed by atoms with van der Waals surface area (Å²) < 4.78 is 32.5. The van der Waals surface area contributed by atoms with E-state index in [1.165, 1.54) is 36.1 Å². The van der Waals surface area contributed by atoms with Gasteiger partial charge in [0.15, 0.2) is 6.10 Å². The molecule has 1 aliphatic heterocycles. The second-order valence-electron chi connectivity index (χ2n) is 8.67. The monoisotopic (exact) mass is 471 g/mol. The summed E-state index contributed by atoms with van der Waals surface area (Å²) in [6.07, 6.45) is 0.445. The van der Waals surface area contributed by atoms with Crippen LogP contribution in [0.2, 0.25) is 0 Å². The van der Waals surface area contributed by atoms with Crippen LogP contribution in [0, 0.1) is 0 Å². The molecule has 1 aliphatic carbocycles. The number of nitrogens with one attached hydrogen (secondary N) is 2. The van der Waals surface area contributed by atoms with Crippen molar-refractivity contribution in [2.45, 2.75) is 56.2 Å². The topological polar surface area (TPSA) is 122 Å². The number of para-hydroxylation sites is 2. The lowest BCUT2D eigenvalue weighted by molar-refractivity contribution is -0.131. The van der Waals surface area contributed by atoms with Gasteiger partial charge in [0.05, 0.1) is 21.8 Å². The lowest BCUT2D eigenvalue weighted by Crippen LogP contribution is -2.60. The average Bonchev–Trinajstić information content (AvgIpc) is 3.57. The molecule has 2 aromatic rings. The molecule has 33 heavy (non-hydrogen) atoms. The summed E-state index contributed by atoms with van der Waals surface area (Å²) >= 11 is 0. The van der Waals surface area contributed by atoms with E-state index in [4.69, 9.17) is 4.74 Å². The number of carbonyl (C=O) groups is 3. The molecule has 0 unspecified atom stereocenters. The molecule has 1 saturated carbocycles. The molecule has 2 N–H and O–H groups in total. The Hall–Kier alpha value is -3.24. The number of amides is 2.